The lowest BCUT2D eigenvalue weighted by molar-refractivity contribution is 0.0954. The number of hydrogen-bond acceptors (Lipinski definition) is 3. The van der Waals surface area contributed by atoms with Crippen LogP contribution in [0, 0.1) is 11.3 Å². The maximum Gasteiger partial charge on any atom is 0.271 e. The van der Waals surface area contributed by atoms with E-state index in [1.165, 1.54) is 19.3 Å². The molecule has 1 aliphatic rings. The van der Waals surface area contributed by atoms with Gasteiger partial charge in [0, 0.05) is 11.3 Å². The summed E-state index contributed by atoms with van der Waals surface area (Å²) in [6.45, 7) is 9.53. The Morgan fingerprint density at radius 2 is 1.83 bits per heavy atom. The van der Waals surface area contributed by atoms with Crippen molar-refractivity contribution < 1.29 is 9.53 Å². The molecule has 0 atom stereocenters. The molecule has 1 fully saturated rings. The van der Waals surface area contributed by atoms with E-state index in [-0.39, 0.29) is 5.91 Å². The summed E-state index contributed by atoms with van der Waals surface area (Å²) >= 11 is 0. The lowest BCUT2D eigenvalue weighted by atomic mass is 9.69. The molecular formula is C20H30N2O2. The Bertz CT molecular complexity index is 566. The Labute approximate surface area is 145 Å². The molecule has 4 nitrogen and oxygen atoms in total. The molecule has 0 aromatic heterocycles. The second kappa shape index (κ2) is 8.32. The number of benzene rings is 1. The highest BCUT2D eigenvalue weighted by Crippen LogP contribution is 2.39. The fourth-order valence-corrected chi connectivity index (χ4v) is 3.20. The van der Waals surface area contributed by atoms with Crippen molar-refractivity contribution in [2.45, 2.75) is 59.8 Å². The Kier molecular flexibility index (Phi) is 6.41. The molecule has 1 N–H and O–H groups in total. The number of hydrazone groups is 1. The fraction of sp³-hybridized carbons (Fsp3) is 0.600. The SMILES string of the molecule is CCOc1ccc(C(=O)NN=C2CCC(C(C)(C)CC)CC2)cc1. The van der Waals surface area contributed by atoms with Gasteiger partial charge in [-0.1, -0.05) is 27.2 Å². The third kappa shape index (κ3) is 4.83. The molecule has 1 aromatic carbocycles. The molecule has 24 heavy (non-hydrogen) atoms. The first kappa shape index (κ1) is 18.5. The summed E-state index contributed by atoms with van der Waals surface area (Å²) in [7, 11) is 0. The summed E-state index contributed by atoms with van der Waals surface area (Å²) in [6, 6.07) is 7.15. The van der Waals surface area contributed by atoms with Gasteiger partial charge in [0.25, 0.3) is 5.91 Å². The predicted octanol–water partition coefficient (Wildman–Crippen LogP) is 4.80. The minimum absolute atomic E-state index is 0.165. The highest BCUT2D eigenvalue weighted by Gasteiger charge is 2.30. The molecular weight excluding hydrogens is 300 g/mol. The van der Waals surface area contributed by atoms with E-state index >= 15 is 0 Å². The number of nitrogens with one attached hydrogen (secondary N) is 1. The van der Waals surface area contributed by atoms with E-state index < -0.39 is 0 Å². The first-order valence-electron chi connectivity index (χ1n) is 9.05. The lowest BCUT2D eigenvalue weighted by Crippen LogP contribution is -2.29. The maximum atomic E-state index is 12.2. The summed E-state index contributed by atoms with van der Waals surface area (Å²) in [5.41, 5.74) is 4.81. The first-order valence-corrected chi connectivity index (χ1v) is 9.05. The zero-order valence-electron chi connectivity index (χ0n) is 15.4. The van der Waals surface area contributed by atoms with Crippen molar-refractivity contribution in [2.24, 2.45) is 16.4 Å². The van der Waals surface area contributed by atoms with Gasteiger partial charge >= 0.3 is 0 Å². The molecule has 132 valence electrons. The molecule has 0 heterocycles. The van der Waals surface area contributed by atoms with E-state index in [2.05, 4.69) is 31.3 Å². The van der Waals surface area contributed by atoms with E-state index in [0.29, 0.717) is 17.6 Å². The molecule has 0 spiro atoms. The van der Waals surface area contributed by atoms with Crippen molar-refractivity contribution in [1.29, 1.82) is 0 Å². The van der Waals surface area contributed by atoms with Crippen LogP contribution in [0.3, 0.4) is 0 Å². The summed E-state index contributed by atoms with van der Waals surface area (Å²) in [4.78, 5) is 12.2. The molecule has 1 aliphatic carbocycles. The van der Waals surface area contributed by atoms with Gasteiger partial charge in [-0.05, 0) is 68.2 Å². The van der Waals surface area contributed by atoms with Crippen LogP contribution in [0.25, 0.3) is 0 Å². The third-order valence-corrected chi connectivity index (χ3v) is 5.32. The van der Waals surface area contributed by atoms with Crippen LogP contribution in [0.5, 0.6) is 5.75 Å². The van der Waals surface area contributed by atoms with Crippen LogP contribution in [0.4, 0.5) is 0 Å². The van der Waals surface area contributed by atoms with Gasteiger partial charge in [0.15, 0.2) is 0 Å². The van der Waals surface area contributed by atoms with Crippen molar-refractivity contribution >= 4 is 11.6 Å². The van der Waals surface area contributed by atoms with Crippen LogP contribution in [0.2, 0.25) is 0 Å². The molecule has 0 saturated heterocycles. The fourth-order valence-electron chi connectivity index (χ4n) is 3.20. The van der Waals surface area contributed by atoms with Crippen LogP contribution in [0.15, 0.2) is 29.4 Å². The van der Waals surface area contributed by atoms with Crippen molar-refractivity contribution in [3.63, 3.8) is 0 Å². The molecule has 0 aliphatic heterocycles. The van der Waals surface area contributed by atoms with Crippen molar-refractivity contribution in [1.82, 2.24) is 5.43 Å². The standard InChI is InChI=1S/C20H30N2O2/c1-5-20(3,4)16-9-11-17(12-10-16)21-22-19(23)15-7-13-18(14-8-15)24-6-2/h7-8,13-14,16H,5-6,9-12H2,1-4H3,(H,22,23). The van der Waals surface area contributed by atoms with Crippen molar-refractivity contribution in [3.8, 4) is 5.75 Å². The Morgan fingerprint density at radius 1 is 1.21 bits per heavy atom. The number of nitrogens with zero attached hydrogens (tertiary/aromatic N) is 1. The Morgan fingerprint density at radius 3 is 2.38 bits per heavy atom. The van der Waals surface area contributed by atoms with Gasteiger partial charge in [-0.15, -0.1) is 0 Å². The van der Waals surface area contributed by atoms with E-state index in [9.17, 15) is 4.79 Å². The van der Waals surface area contributed by atoms with Crippen LogP contribution < -0.4 is 10.2 Å². The quantitative estimate of drug-likeness (QED) is 0.762. The minimum Gasteiger partial charge on any atom is -0.494 e. The van der Waals surface area contributed by atoms with Gasteiger partial charge in [-0.3, -0.25) is 4.79 Å². The first-order chi connectivity index (χ1) is 11.5. The number of amides is 1. The van der Waals surface area contributed by atoms with Crippen LogP contribution in [0.1, 0.15) is 70.2 Å². The van der Waals surface area contributed by atoms with Crippen molar-refractivity contribution in [3.05, 3.63) is 29.8 Å². The van der Waals surface area contributed by atoms with E-state index in [1.807, 2.05) is 19.1 Å². The maximum absolute atomic E-state index is 12.2. The topological polar surface area (TPSA) is 50.7 Å². The van der Waals surface area contributed by atoms with Gasteiger partial charge in [0.2, 0.25) is 0 Å². The molecule has 2 rings (SSSR count). The van der Waals surface area contributed by atoms with Crippen LogP contribution >= 0.6 is 0 Å². The Hall–Kier alpha value is -1.84. The number of hydrogen-bond donors (Lipinski definition) is 1. The molecule has 1 saturated carbocycles. The molecule has 4 heteroatoms. The number of rotatable bonds is 6. The van der Waals surface area contributed by atoms with Crippen molar-refractivity contribution in [2.75, 3.05) is 6.61 Å². The zero-order chi connectivity index (χ0) is 17.6. The van der Waals surface area contributed by atoms with Crippen LogP contribution in [-0.4, -0.2) is 18.2 Å². The van der Waals surface area contributed by atoms with Crippen LogP contribution in [-0.2, 0) is 0 Å². The molecule has 0 radical (unpaired) electrons. The van der Waals surface area contributed by atoms with Gasteiger partial charge in [0.1, 0.15) is 5.75 Å². The average molecular weight is 330 g/mol. The van der Waals surface area contributed by atoms with E-state index in [1.54, 1.807) is 12.1 Å². The number of ether oxygens (including phenoxy) is 1. The highest BCUT2D eigenvalue weighted by molar-refractivity contribution is 5.95. The average Bonchev–Trinajstić information content (AvgIpc) is 2.61. The second-order valence-electron chi connectivity index (χ2n) is 7.19. The largest absolute Gasteiger partial charge is 0.494 e. The number of carbonyl (C=O) groups excluding carboxylic acids is 1. The van der Waals surface area contributed by atoms with Gasteiger partial charge in [0.05, 0.1) is 6.61 Å². The van der Waals surface area contributed by atoms with E-state index in [0.717, 1.165) is 30.2 Å². The Balaban J connectivity index is 1.86. The molecule has 1 amide bonds. The monoisotopic (exact) mass is 330 g/mol. The summed E-state index contributed by atoms with van der Waals surface area (Å²) in [5.74, 6) is 1.36. The second-order valence-corrected chi connectivity index (χ2v) is 7.19. The summed E-state index contributed by atoms with van der Waals surface area (Å²) in [6.07, 6.45) is 5.51. The number of carbonyl (C=O) groups is 1. The normalized spacial score (nSPS) is 18.2. The minimum atomic E-state index is -0.165. The molecule has 1 aromatic rings. The zero-order valence-corrected chi connectivity index (χ0v) is 15.4. The van der Waals surface area contributed by atoms with Gasteiger partial charge in [-0.2, -0.15) is 5.10 Å². The summed E-state index contributed by atoms with van der Waals surface area (Å²) < 4.78 is 5.38. The van der Waals surface area contributed by atoms with Gasteiger partial charge in [-0.25, -0.2) is 5.43 Å². The lowest BCUT2D eigenvalue weighted by Gasteiger charge is -2.36. The summed E-state index contributed by atoms with van der Waals surface area (Å²) in [5, 5.41) is 4.35. The highest BCUT2D eigenvalue weighted by atomic mass is 16.5. The van der Waals surface area contributed by atoms with Gasteiger partial charge < -0.3 is 4.74 Å². The predicted molar refractivity (Wildman–Crippen MR) is 98.5 cm³/mol. The molecule has 0 unspecified atom stereocenters. The smallest absolute Gasteiger partial charge is 0.271 e. The van der Waals surface area contributed by atoms with E-state index in [4.69, 9.17) is 4.74 Å². The molecule has 0 bridgehead atoms. The third-order valence-electron chi connectivity index (χ3n) is 5.32.